The van der Waals surface area contributed by atoms with Crippen LogP contribution in [0.4, 0.5) is 0 Å². The van der Waals surface area contributed by atoms with Crippen LogP contribution >= 0.6 is 0 Å². The maximum absolute atomic E-state index is 11.1. The van der Waals surface area contributed by atoms with E-state index >= 15 is 0 Å². The third-order valence-corrected chi connectivity index (χ3v) is 2.64. The Hall–Kier alpha value is -0.0505. The molecule has 0 heterocycles. The summed E-state index contributed by atoms with van der Waals surface area (Å²) in [5, 5.41) is 1.04. The SMILES string of the molecule is C[Se]CC[C@@H](N)C(=O)OC(C)C. The van der Waals surface area contributed by atoms with E-state index in [0.717, 1.165) is 11.7 Å². The van der Waals surface area contributed by atoms with Gasteiger partial charge in [0.1, 0.15) is 0 Å². The van der Waals surface area contributed by atoms with Crippen molar-refractivity contribution in [3.8, 4) is 0 Å². The van der Waals surface area contributed by atoms with Crippen LogP contribution in [0.3, 0.4) is 0 Å². The molecule has 0 rings (SSSR count). The van der Waals surface area contributed by atoms with Crippen molar-refractivity contribution in [3.63, 3.8) is 0 Å². The number of esters is 1. The summed E-state index contributed by atoms with van der Waals surface area (Å²) in [5.41, 5.74) is 5.59. The number of nitrogens with two attached hydrogens (primary N) is 1. The number of carbonyl (C=O) groups is 1. The van der Waals surface area contributed by atoms with Crippen molar-refractivity contribution in [1.29, 1.82) is 0 Å². The minimum atomic E-state index is -0.422. The Bertz CT molecular complexity index is 139. The van der Waals surface area contributed by atoms with Crippen molar-refractivity contribution < 1.29 is 9.53 Å². The molecule has 1 atom stereocenters. The standard InChI is InChI=1S/C8H17NO2Se/c1-6(2)11-8(10)7(9)4-5-12-3/h6-7H,4-5,9H2,1-3H3/t7-/m1/s1. The molecule has 3 nitrogen and oxygen atoms in total. The molecule has 2 N–H and O–H groups in total. The van der Waals surface area contributed by atoms with E-state index in [1.807, 2.05) is 13.8 Å². The van der Waals surface area contributed by atoms with Crippen LogP contribution < -0.4 is 5.73 Å². The first-order valence-corrected chi connectivity index (χ1v) is 6.95. The van der Waals surface area contributed by atoms with Crippen LogP contribution in [0.25, 0.3) is 0 Å². The van der Waals surface area contributed by atoms with Gasteiger partial charge in [-0.1, -0.05) is 0 Å². The van der Waals surface area contributed by atoms with E-state index < -0.39 is 6.04 Å². The van der Waals surface area contributed by atoms with Crippen LogP contribution in [-0.4, -0.2) is 33.1 Å². The van der Waals surface area contributed by atoms with Crippen LogP contribution in [0.2, 0.25) is 11.1 Å². The number of carbonyl (C=O) groups excluding carboxylic acids is 1. The van der Waals surface area contributed by atoms with E-state index in [1.165, 1.54) is 0 Å². The minimum absolute atomic E-state index is 0.0595. The number of hydrogen-bond donors (Lipinski definition) is 1. The molecule has 0 saturated carbocycles. The van der Waals surface area contributed by atoms with Crippen LogP contribution in [0.15, 0.2) is 0 Å². The fourth-order valence-electron chi connectivity index (χ4n) is 0.682. The summed E-state index contributed by atoms with van der Waals surface area (Å²) < 4.78 is 4.95. The first kappa shape index (κ1) is 11.9. The van der Waals surface area contributed by atoms with Gasteiger partial charge in [-0.05, 0) is 0 Å². The Labute approximate surface area is 80.2 Å². The summed E-state index contributed by atoms with van der Waals surface area (Å²) in [6, 6.07) is -0.422. The van der Waals surface area contributed by atoms with E-state index in [-0.39, 0.29) is 12.1 Å². The molecule has 0 spiro atoms. The van der Waals surface area contributed by atoms with Gasteiger partial charge >= 0.3 is 79.7 Å². The average Bonchev–Trinajstić information content (AvgIpc) is 1.98. The second kappa shape index (κ2) is 6.46. The van der Waals surface area contributed by atoms with Crippen molar-refractivity contribution in [3.05, 3.63) is 0 Å². The first-order chi connectivity index (χ1) is 5.57. The van der Waals surface area contributed by atoms with E-state index in [2.05, 4.69) is 5.82 Å². The Kier molecular flexibility index (Phi) is 6.44. The number of rotatable bonds is 5. The van der Waals surface area contributed by atoms with Crippen molar-refractivity contribution in [1.82, 2.24) is 0 Å². The van der Waals surface area contributed by atoms with Gasteiger partial charge in [-0.15, -0.1) is 0 Å². The van der Waals surface area contributed by atoms with Gasteiger partial charge in [0.2, 0.25) is 0 Å². The molecule has 0 aromatic carbocycles. The molecular weight excluding hydrogens is 221 g/mol. The molecule has 0 bridgehead atoms. The Morgan fingerprint density at radius 3 is 2.58 bits per heavy atom. The summed E-state index contributed by atoms with van der Waals surface area (Å²) in [4.78, 5) is 11.1. The third-order valence-electron chi connectivity index (χ3n) is 1.29. The molecule has 0 saturated heterocycles. The second-order valence-corrected chi connectivity index (χ2v) is 4.94. The van der Waals surface area contributed by atoms with Crippen LogP contribution in [0.5, 0.6) is 0 Å². The van der Waals surface area contributed by atoms with Gasteiger partial charge < -0.3 is 0 Å². The molecule has 4 heteroatoms. The molecular formula is C8H17NO2Se. The van der Waals surface area contributed by atoms with Gasteiger partial charge in [-0.25, -0.2) is 0 Å². The van der Waals surface area contributed by atoms with Crippen molar-refractivity contribution in [2.45, 2.75) is 43.6 Å². The summed E-state index contributed by atoms with van der Waals surface area (Å²) in [5.74, 6) is 1.86. The predicted molar refractivity (Wildman–Crippen MR) is 50.2 cm³/mol. The van der Waals surface area contributed by atoms with E-state index in [1.54, 1.807) is 0 Å². The Morgan fingerprint density at radius 2 is 2.17 bits per heavy atom. The van der Waals surface area contributed by atoms with Crippen molar-refractivity contribution in [2.75, 3.05) is 0 Å². The zero-order valence-electron chi connectivity index (χ0n) is 7.87. The van der Waals surface area contributed by atoms with Gasteiger partial charge in [0.25, 0.3) is 0 Å². The summed E-state index contributed by atoms with van der Waals surface area (Å²) in [6.45, 7) is 3.66. The van der Waals surface area contributed by atoms with E-state index in [0.29, 0.717) is 15.0 Å². The second-order valence-electron chi connectivity index (χ2n) is 2.87. The fraction of sp³-hybridized carbons (Fsp3) is 0.875. The van der Waals surface area contributed by atoms with Gasteiger partial charge in [-0.2, -0.15) is 0 Å². The molecule has 0 aromatic rings. The van der Waals surface area contributed by atoms with Gasteiger partial charge in [0.15, 0.2) is 0 Å². The molecule has 0 aliphatic heterocycles. The topological polar surface area (TPSA) is 52.3 Å². The molecule has 0 aromatic heterocycles. The normalized spacial score (nSPS) is 13.1. The average molecular weight is 238 g/mol. The van der Waals surface area contributed by atoms with Gasteiger partial charge in [0.05, 0.1) is 0 Å². The van der Waals surface area contributed by atoms with E-state index in [4.69, 9.17) is 10.5 Å². The molecule has 12 heavy (non-hydrogen) atoms. The fourth-order valence-corrected chi connectivity index (χ4v) is 1.71. The zero-order valence-corrected chi connectivity index (χ0v) is 9.58. The van der Waals surface area contributed by atoms with E-state index in [9.17, 15) is 4.79 Å². The summed E-state index contributed by atoms with van der Waals surface area (Å²) >= 11 is 0.593. The van der Waals surface area contributed by atoms with Crippen LogP contribution in [0.1, 0.15) is 20.3 Å². The third kappa shape index (κ3) is 5.58. The molecule has 0 unspecified atom stereocenters. The number of ether oxygens (including phenoxy) is 1. The van der Waals surface area contributed by atoms with Gasteiger partial charge in [-0.3, -0.25) is 0 Å². The van der Waals surface area contributed by atoms with Gasteiger partial charge in [0, 0.05) is 0 Å². The maximum atomic E-state index is 11.1. The summed E-state index contributed by atoms with van der Waals surface area (Å²) in [6.07, 6.45) is 0.692. The molecule has 0 amide bonds. The monoisotopic (exact) mass is 239 g/mol. The quantitative estimate of drug-likeness (QED) is 0.570. The Balaban J connectivity index is 3.61. The van der Waals surface area contributed by atoms with Crippen LogP contribution in [0, 0.1) is 0 Å². The predicted octanol–water partition coefficient (Wildman–Crippen LogP) is 0.826. The zero-order chi connectivity index (χ0) is 9.56. The van der Waals surface area contributed by atoms with Crippen molar-refractivity contribution in [2.24, 2.45) is 5.73 Å². The summed E-state index contributed by atoms with van der Waals surface area (Å²) in [7, 11) is 0. The molecule has 0 radical (unpaired) electrons. The number of hydrogen-bond acceptors (Lipinski definition) is 3. The molecule has 0 aliphatic carbocycles. The molecule has 0 aliphatic rings. The molecule has 72 valence electrons. The van der Waals surface area contributed by atoms with Crippen molar-refractivity contribution >= 4 is 20.9 Å². The molecule has 0 fully saturated rings. The Morgan fingerprint density at radius 1 is 1.58 bits per heavy atom. The first-order valence-electron chi connectivity index (χ1n) is 4.03. The van der Waals surface area contributed by atoms with Crippen LogP contribution in [-0.2, 0) is 9.53 Å².